The molecule has 1 saturated carbocycles. The van der Waals surface area contributed by atoms with Crippen LogP contribution < -0.4 is 5.32 Å². The van der Waals surface area contributed by atoms with Gasteiger partial charge in [-0.1, -0.05) is 61.8 Å². The second kappa shape index (κ2) is 9.69. The Kier molecular flexibility index (Phi) is 7.04. The molecular formula is C27H23Cl3FNO2. The summed E-state index contributed by atoms with van der Waals surface area (Å²) in [5, 5.41) is 3.08. The van der Waals surface area contributed by atoms with Crippen LogP contribution in [0.5, 0.6) is 0 Å². The molecule has 34 heavy (non-hydrogen) atoms. The Morgan fingerprint density at radius 1 is 1.00 bits per heavy atom. The lowest BCUT2D eigenvalue weighted by molar-refractivity contribution is -0.117. The third kappa shape index (κ3) is 5.14. The van der Waals surface area contributed by atoms with Crippen LogP contribution in [0.4, 0.5) is 10.1 Å². The second-order valence-corrected chi connectivity index (χ2v) is 10.7. The first kappa shape index (κ1) is 24.7. The zero-order valence-electron chi connectivity index (χ0n) is 18.6. The number of hydrogen-bond donors (Lipinski definition) is 1. The Balaban J connectivity index is 1.47. The minimum atomic E-state index is -1.21. The second-order valence-electron chi connectivity index (χ2n) is 8.86. The smallest absolute Gasteiger partial charge is 0.231 e. The molecule has 1 amide bonds. The van der Waals surface area contributed by atoms with Crippen molar-refractivity contribution in [2.24, 2.45) is 5.92 Å². The highest BCUT2D eigenvalue weighted by Crippen LogP contribution is 2.65. The number of nitrogens with one attached hydrogen (secondary N) is 1. The number of alkyl halides is 2. The van der Waals surface area contributed by atoms with Crippen molar-refractivity contribution in [2.45, 2.75) is 36.4 Å². The lowest BCUT2D eigenvalue weighted by atomic mass is 10.00. The van der Waals surface area contributed by atoms with Crippen molar-refractivity contribution >= 4 is 52.2 Å². The molecule has 3 nitrogen and oxygen atoms in total. The minimum Gasteiger partial charge on any atom is -0.326 e. The topological polar surface area (TPSA) is 46.2 Å². The molecule has 2 unspecified atom stereocenters. The number of ketones is 1. The van der Waals surface area contributed by atoms with Crippen LogP contribution in [0.25, 0.3) is 0 Å². The lowest BCUT2D eigenvalue weighted by Crippen LogP contribution is -2.17. The van der Waals surface area contributed by atoms with E-state index in [-0.39, 0.29) is 40.4 Å². The third-order valence-electron chi connectivity index (χ3n) is 6.11. The molecule has 0 saturated heterocycles. The van der Waals surface area contributed by atoms with Crippen molar-refractivity contribution in [3.63, 3.8) is 0 Å². The molecular weight excluding hydrogens is 496 g/mol. The van der Waals surface area contributed by atoms with Crippen LogP contribution in [0.1, 0.15) is 52.7 Å². The van der Waals surface area contributed by atoms with Gasteiger partial charge in [0.15, 0.2) is 5.78 Å². The van der Waals surface area contributed by atoms with Gasteiger partial charge in [-0.05, 0) is 52.9 Å². The number of halogens is 4. The van der Waals surface area contributed by atoms with Gasteiger partial charge >= 0.3 is 0 Å². The number of benzene rings is 3. The van der Waals surface area contributed by atoms with Gasteiger partial charge < -0.3 is 5.32 Å². The molecule has 0 spiro atoms. The molecule has 176 valence electrons. The summed E-state index contributed by atoms with van der Waals surface area (Å²) in [5.74, 6) is -1.51. The largest absolute Gasteiger partial charge is 0.326 e. The van der Waals surface area contributed by atoms with E-state index in [0.29, 0.717) is 17.2 Å². The highest BCUT2D eigenvalue weighted by atomic mass is 35.5. The van der Waals surface area contributed by atoms with Crippen molar-refractivity contribution in [2.75, 3.05) is 5.32 Å². The molecule has 1 aliphatic rings. The van der Waals surface area contributed by atoms with Crippen molar-refractivity contribution in [3.05, 3.63) is 99.8 Å². The van der Waals surface area contributed by atoms with Crippen LogP contribution in [-0.2, 0) is 11.2 Å². The van der Waals surface area contributed by atoms with Gasteiger partial charge in [0.25, 0.3) is 0 Å². The molecule has 1 fully saturated rings. The minimum absolute atomic E-state index is 0.0565. The first-order valence-electron chi connectivity index (χ1n) is 10.9. The number of carbonyl (C=O) groups excluding carboxylic acids is 2. The molecule has 7 heteroatoms. The van der Waals surface area contributed by atoms with Crippen molar-refractivity contribution in [1.29, 1.82) is 0 Å². The highest BCUT2D eigenvalue weighted by molar-refractivity contribution is 6.53. The van der Waals surface area contributed by atoms with Gasteiger partial charge in [-0.15, -0.1) is 23.2 Å². The average molecular weight is 519 g/mol. The van der Waals surface area contributed by atoms with E-state index >= 15 is 0 Å². The summed E-state index contributed by atoms with van der Waals surface area (Å²) in [4.78, 5) is 25.8. The van der Waals surface area contributed by atoms with E-state index < -0.39 is 10.3 Å². The van der Waals surface area contributed by atoms with Gasteiger partial charge in [-0.3, -0.25) is 9.59 Å². The van der Waals surface area contributed by atoms with Gasteiger partial charge in [0.05, 0.1) is 10.9 Å². The molecule has 1 aliphatic carbocycles. The van der Waals surface area contributed by atoms with Crippen LogP contribution in [0, 0.1) is 11.7 Å². The van der Waals surface area contributed by atoms with Crippen LogP contribution in [0.15, 0.2) is 66.7 Å². The standard InChI is InChI=1S/C27H23Cl3FNO2/c1-15(2)17-5-7-18(8-6-17)24-25(27(24,29)30)26(34)32-20-11-12-22(28)21(14-20)23(33)13-16-3-9-19(31)10-4-16/h3-12,14-15,24-25H,13H2,1-2H3,(H,32,34). The number of rotatable bonds is 7. The Morgan fingerprint density at radius 3 is 2.26 bits per heavy atom. The molecule has 3 aromatic carbocycles. The lowest BCUT2D eigenvalue weighted by Gasteiger charge is -2.09. The zero-order chi connectivity index (χ0) is 24.6. The Hall–Kier alpha value is -2.40. The van der Waals surface area contributed by atoms with Crippen LogP contribution >= 0.6 is 34.8 Å². The predicted molar refractivity (Wildman–Crippen MR) is 136 cm³/mol. The summed E-state index contributed by atoms with van der Waals surface area (Å²) >= 11 is 19.2. The third-order valence-corrected chi connectivity index (χ3v) is 7.38. The molecule has 1 N–H and O–H groups in total. The Bertz CT molecular complexity index is 1220. The summed E-state index contributed by atoms with van der Waals surface area (Å²) in [5.41, 5.74) is 3.44. The summed E-state index contributed by atoms with van der Waals surface area (Å²) in [7, 11) is 0. The summed E-state index contributed by atoms with van der Waals surface area (Å²) in [6, 6.07) is 18.4. The monoisotopic (exact) mass is 517 g/mol. The van der Waals surface area contributed by atoms with Gasteiger partial charge in [-0.2, -0.15) is 0 Å². The Morgan fingerprint density at radius 2 is 1.65 bits per heavy atom. The van der Waals surface area contributed by atoms with Gasteiger partial charge in [0, 0.05) is 23.6 Å². The maximum atomic E-state index is 13.1. The molecule has 4 rings (SSSR count). The van der Waals surface area contributed by atoms with E-state index in [2.05, 4.69) is 19.2 Å². The van der Waals surface area contributed by atoms with Gasteiger partial charge in [-0.25, -0.2) is 4.39 Å². The van der Waals surface area contributed by atoms with Crippen molar-refractivity contribution in [3.8, 4) is 0 Å². The van der Waals surface area contributed by atoms with Crippen LogP contribution in [-0.4, -0.2) is 16.0 Å². The van der Waals surface area contributed by atoms with E-state index in [1.165, 1.54) is 23.8 Å². The summed E-state index contributed by atoms with van der Waals surface area (Å²) < 4.78 is 11.9. The molecule has 0 bridgehead atoms. The Labute approximate surface area is 213 Å². The maximum Gasteiger partial charge on any atom is 0.231 e. The first-order chi connectivity index (χ1) is 16.1. The van der Waals surface area contributed by atoms with E-state index in [9.17, 15) is 14.0 Å². The van der Waals surface area contributed by atoms with E-state index in [0.717, 1.165) is 5.56 Å². The zero-order valence-corrected chi connectivity index (χ0v) is 20.9. The van der Waals surface area contributed by atoms with E-state index in [1.807, 2.05) is 24.3 Å². The van der Waals surface area contributed by atoms with Crippen LogP contribution in [0.2, 0.25) is 5.02 Å². The molecule has 0 radical (unpaired) electrons. The molecule has 2 atom stereocenters. The molecule has 0 heterocycles. The number of Topliss-reactive ketones (excluding diaryl/α,β-unsaturated/α-hetero) is 1. The van der Waals surface area contributed by atoms with Gasteiger partial charge in [0.2, 0.25) is 5.91 Å². The fourth-order valence-corrected chi connectivity index (χ4v) is 5.13. The maximum absolute atomic E-state index is 13.1. The quantitative estimate of drug-likeness (QED) is 0.259. The van der Waals surface area contributed by atoms with Crippen LogP contribution in [0.3, 0.4) is 0 Å². The predicted octanol–water partition coefficient (Wildman–Crippen LogP) is 7.55. The number of amides is 1. The SMILES string of the molecule is CC(C)c1ccc(C2C(C(=O)Nc3ccc(Cl)c(C(=O)Cc4ccc(F)cc4)c3)C2(Cl)Cl)cc1. The van der Waals surface area contributed by atoms with Crippen molar-refractivity contribution < 1.29 is 14.0 Å². The highest BCUT2D eigenvalue weighted by Gasteiger charge is 2.67. The molecule has 3 aromatic rings. The number of anilines is 1. The normalized spacial score (nSPS) is 18.6. The first-order valence-corrected chi connectivity index (χ1v) is 12.1. The fraction of sp³-hybridized carbons (Fsp3) is 0.259. The molecule has 0 aromatic heterocycles. The average Bonchev–Trinajstić information content (AvgIpc) is 3.38. The molecule has 0 aliphatic heterocycles. The summed E-state index contributed by atoms with van der Waals surface area (Å²) in [6.07, 6.45) is 0.0565. The van der Waals surface area contributed by atoms with Crippen molar-refractivity contribution in [1.82, 2.24) is 0 Å². The van der Waals surface area contributed by atoms with Gasteiger partial charge in [0.1, 0.15) is 10.2 Å². The fourth-order valence-electron chi connectivity index (χ4n) is 4.08. The number of carbonyl (C=O) groups is 2. The van der Waals surface area contributed by atoms with E-state index in [4.69, 9.17) is 34.8 Å². The number of hydrogen-bond acceptors (Lipinski definition) is 2. The summed E-state index contributed by atoms with van der Waals surface area (Å²) in [6.45, 7) is 4.22. The van der Waals surface area contributed by atoms with E-state index in [1.54, 1.807) is 24.3 Å².